The Morgan fingerprint density at radius 3 is 1.95 bits per heavy atom. The molecule has 93 valence electrons. The van der Waals surface area contributed by atoms with Crippen LogP contribution >= 0.6 is 0 Å². The third-order valence-corrected chi connectivity index (χ3v) is 3.00. The van der Waals surface area contributed by atoms with E-state index >= 15 is 0 Å². The first-order valence-corrected chi connectivity index (χ1v) is 6.05. The van der Waals surface area contributed by atoms with Gasteiger partial charge in [0, 0.05) is 35.1 Å². The molecule has 1 aromatic heterocycles. The standard InChI is InChI=1S/C16H12N2O.Na/c19-16-15(13-9-5-2-6-10-13)14(11-17-18-16)12-7-3-1-4-8-12;/h1-11H,(H,18,19);. The van der Waals surface area contributed by atoms with Crippen LogP contribution in [0.3, 0.4) is 0 Å². The summed E-state index contributed by atoms with van der Waals surface area (Å²) in [6.45, 7) is 0. The Morgan fingerprint density at radius 1 is 0.800 bits per heavy atom. The van der Waals surface area contributed by atoms with Gasteiger partial charge in [-0.15, -0.1) is 0 Å². The number of hydrogen-bond donors (Lipinski definition) is 1. The van der Waals surface area contributed by atoms with E-state index in [0.717, 1.165) is 16.7 Å². The molecule has 0 bridgehead atoms. The summed E-state index contributed by atoms with van der Waals surface area (Å²) in [6.07, 6.45) is 1.69. The summed E-state index contributed by atoms with van der Waals surface area (Å²) in [5, 5.41) is 6.41. The maximum Gasteiger partial charge on any atom is 0.272 e. The number of nitrogens with one attached hydrogen (secondary N) is 1. The van der Waals surface area contributed by atoms with Gasteiger partial charge >= 0.3 is 0 Å². The van der Waals surface area contributed by atoms with Crippen molar-refractivity contribution in [3.63, 3.8) is 0 Å². The SMILES string of the molecule is O=c1[nH]ncc(-c2ccccc2)c1-c1ccccc1.[Na]. The molecule has 0 aliphatic carbocycles. The van der Waals surface area contributed by atoms with E-state index in [0.29, 0.717) is 5.56 Å². The maximum atomic E-state index is 12.1. The van der Waals surface area contributed by atoms with Gasteiger partial charge < -0.3 is 0 Å². The van der Waals surface area contributed by atoms with Gasteiger partial charge in [-0.2, -0.15) is 5.10 Å². The van der Waals surface area contributed by atoms with Gasteiger partial charge in [-0.3, -0.25) is 4.79 Å². The van der Waals surface area contributed by atoms with E-state index in [1.54, 1.807) is 6.20 Å². The zero-order valence-electron chi connectivity index (χ0n) is 11.2. The van der Waals surface area contributed by atoms with E-state index in [9.17, 15) is 4.79 Å². The molecule has 1 heterocycles. The summed E-state index contributed by atoms with van der Waals surface area (Å²) in [4.78, 5) is 12.1. The normalized spacial score (nSPS) is 9.80. The molecule has 0 saturated carbocycles. The van der Waals surface area contributed by atoms with Crippen LogP contribution in [0, 0.1) is 0 Å². The number of aromatic amines is 1. The number of H-pyrrole nitrogens is 1. The predicted molar refractivity (Wildman–Crippen MR) is 81.5 cm³/mol. The largest absolute Gasteiger partial charge is 0.272 e. The number of nitrogens with zero attached hydrogens (tertiary/aromatic N) is 1. The van der Waals surface area contributed by atoms with Gasteiger partial charge in [-0.25, -0.2) is 5.10 Å². The third kappa shape index (κ3) is 2.90. The second-order valence-electron chi connectivity index (χ2n) is 4.22. The average molecular weight is 271 g/mol. The summed E-state index contributed by atoms with van der Waals surface area (Å²) in [5.41, 5.74) is 3.20. The summed E-state index contributed by atoms with van der Waals surface area (Å²) in [6, 6.07) is 19.4. The molecule has 0 aliphatic rings. The quantitative estimate of drug-likeness (QED) is 0.728. The zero-order chi connectivity index (χ0) is 13.1. The van der Waals surface area contributed by atoms with Gasteiger partial charge in [0.2, 0.25) is 0 Å². The van der Waals surface area contributed by atoms with Crippen molar-refractivity contribution in [2.24, 2.45) is 0 Å². The third-order valence-electron chi connectivity index (χ3n) is 3.00. The van der Waals surface area contributed by atoms with Gasteiger partial charge in [-0.1, -0.05) is 60.7 Å². The monoisotopic (exact) mass is 271 g/mol. The van der Waals surface area contributed by atoms with Crippen LogP contribution in [-0.2, 0) is 0 Å². The topological polar surface area (TPSA) is 45.8 Å². The van der Waals surface area contributed by atoms with Crippen molar-refractivity contribution in [2.75, 3.05) is 0 Å². The molecule has 3 rings (SSSR count). The molecule has 0 aliphatic heterocycles. The summed E-state index contributed by atoms with van der Waals surface area (Å²) in [5.74, 6) is 0. The van der Waals surface area contributed by atoms with E-state index in [1.165, 1.54) is 0 Å². The van der Waals surface area contributed by atoms with Gasteiger partial charge in [0.25, 0.3) is 5.56 Å². The molecule has 4 heteroatoms. The van der Waals surface area contributed by atoms with Crippen molar-refractivity contribution in [3.05, 3.63) is 77.2 Å². The van der Waals surface area contributed by atoms with Crippen LogP contribution in [0.4, 0.5) is 0 Å². The van der Waals surface area contributed by atoms with E-state index in [1.807, 2.05) is 60.7 Å². The van der Waals surface area contributed by atoms with Crippen molar-refractivity contribution >= 4 is 29.6 Å². The fourth-order valence-electron chi connectivity index (χ4n) is 2.13. The first-order valence-electron chi connectivity index (χ1n) is 6.05. The van der Waals surface area contributed by atoms with Gasteiger partial charge in [0.1, 0.15) is 0 Å². The van der Waals surface area contributed by atoms with Crippen LogP contribution in [0.2, 0.25) is 0 Å². The van der Waals surface area contributed by atoms with Crippen LogP contribution in [0.15, 0.2) is 71.7 Å². The summed E-state index contributed by atoms with van der Waals surface area (Å²) >= 11 is 0. The van der Waals surface area contributed by atoms with Crippen molar-refractivity contribution < 1.29 is 0 Å². The fraction of sp³-hybridized carbons (Fsp3) is 0. The van der Waals surface area contributed by atoms with Gasteiger partial charge in [0.05, 0.1) is 11.8 Å². The van der Waals surface area contributed by atoms with Gasteiger partial charge in [0.15, 0.2) is 0 Å². The molecule has 0 unspecified atom stereocenters. The molecular formula is C16H12N2NaO. The molecule has 0 saturated heterocycles. The summed E-state index contributed by atoms with van der Waals surface area (Å²) < 4.78 is 0. The Hall–Kier alpha value is -1.68. The fourth-order valence-corrected chi connectivity index (χ4v) is 2.13. The van der Waals surface area contributed by atoms with Gasteiger partial charge in [-0.05, 0) is 11.1 Å². The van der Waals surface area contributed by atoms with Crippen molar-refractivity contribution in [3.8, 4) is 22.3 Å². The minimum Gasteiger partial charge on any atom is -0.267 e. The van der Waals surface area contributed by atoms with Crippen LogP contribution < -0.4 is 5.56 Å². The number of rotatable bonds is 2. The second kappa shape index (κ2) is 6.66. The number of hydrogen-bond acceptors (Lipinski definition) is 2. The Morgan fingerprint density at radius 2 is 1.35 bits per heavy atom. The van der Waals surface area contributed by atoms with Crippen molar-refractivity contribution in [1.29, 1.82) is 0 Å². The van der Waals surface area contributed by atoms with E-state index in [-0.39, 0.29) is 35.1 Å². The minimum atomic E-state index is -0.174. The molecule has 0 spiro atoms. The maximum absolute atomic E-state index is 12.1. The summed E-state index contributed by atoms with van der Waals surface area (Å²) in [7, 11) is 0. The zero-order valence-corrected chi connectivity index (χ0v) is 13.2. The van der Waals surface area contributed by atoms with Crippen LogP contribution in [0.1, 0.15) is 0 Å². The molecule has 3 aromatic rings. The average Bonchev–Trinajstić information content (AvgIpc) is 2.49. The molecule has 1 N–H and O–H groups in total. The molecule has 3 nitrogen and oxygen atoms in total. The molecule has 0 atom stereocenters. The van der Waals surface area contributed by atoms with Crippen LogP contribution in [0.25, 0.3) is 22.3 Å². The molecular weight excluding hydrogens is 259 g/mol. The Kier molecular flexibility index (Phi) is 4.90. The molecule has 2 aromatic carbocycles. The number of benzene rings is 2. The molecule has 0 fully saturated rings. The Labute approximate surface area is 139 Å². The predicted octanol–water partition coefficient (Wildman–Crippen LogP) is 2.72. The Bertz CT molecular complexity index is 739. The smallest absolute Gasteiger partial charge is 0.267 e. The van der Waals surface area contributed by atoms with Crippen molar-refractivity contribution in [1.82, 2.24) is 10.2 Å². The van der Waals surface area contributed by atoms with E-state index in [2.05, 4.69) is 10.2 Å². The molecule has 0 amide bonds. The first-order chi connectivity index (χ1) is 9.36. The second-order valence-corrected chi connectivity index (χ2v) is 4.22. The molecule has 20 heavy (non-hydrogen) atoms. The van der Waals surface area contributed by atoms with E-state index < -0.39 is 0 Å². The first kappa shape index (κ1) is 14.7. The van der Waals surface area contributed by atoms with Crippen LogP contribution in [-0.4, -0.2) is 39.8 Å². The van der Waals surface area contributed by atoms with E-state index in [4.69, 9.17) is 0 Å². The Balaban J connectivity index is 0.00000147. The number of aromatic nitrogens is 2. The molecule has 1 radical (unpaired) electrons. The minimum absolute atomic E-state index is 0. The van der Waals surface area contributed by atoms with Crippen LogP contribution in [0.5, 0.6) is 0 Å². The van der Waals surface area contributed by atoms with Crippen molar-refractivity contribution in [2.45, 2.75) is 0 Å².